The SMILES string of the molecule is CCOC(=O)C(C)(Cc1ccccc1)S(=O)(=O)c1ccccc1OC. The summed E-state index contributed by atoms with van der Waals surface area (Å²) < 4.78 is 35.3. The van der Waals surface area contributed by atoms with Gasteiger partial charge in [0, 0.05) is 6.42 Å². The standard InChI is InChI=1S/C19H22O5S/c1-4-24-18(20)19(2,14-15-10-6-5-7-11-15)25(21,22)17-13-9-8-12-16(17)23-3/h5-13H,4,14H2,1-3H3. The van der Waals surface area contributed by atoms with E-state index < -0.39 is 20.6 Å². The van der Waals surface area contributed by atoms with Gasteiger partial charge >= 0.3 is 5.97 Å². The lowest BCUT2D eigenvalue weighted by Crippen LogP contribution is -2.47. The number of carbonyl (C=O) groups excluding carboxylic acids is 1. The van der Waals surface area contributed by atoms with Crippen LogP contribution in [-0.4, -0.2) is 32.9 Å². The average Bonchev–Trinajstić information content (AvgIpc) is 2.62. The molecule has 0 fully saturated rings. The van der Waals surface area contributed by atoms with Gasteiger partial charge in [0.15, 0.2) is 14.6 Å². The third-order valence-electron chi connectivity index (χ3n) is 4.04. The summed E-state index contributed by atoms with van der Waals surface area (Å²) in [5.74, 6) is -0.573. The second-order valence-corrected chi connectivity index (χ2v) is 8.12. The molecule has 2 rings (SSSR count). The van der Waals surface area contributed by atoms with Gasteiger partial charge in [0.05, 0.1) is 13.7 Å². The lowest BCUT2D eigenvalue weighted by molar-refractivity contribution is -0.145. The fourth-order valence-corrected chi connectivity index (χ4v) is 4.42. The van der Waals surface area contributed by atoms with Crippen LogP contribution in [0.15, 0.2) is 59.5 Å². The van der Waals surface area contributed by atoms with Gasteiger partial charge in [0.1, 0.15) is 10.6 Å². The van der Waals surface area contributed by atoms with Crippen LogP contribution < -0.4 is 4.74 Å². The molecule has 0 aliphatic heterocycles. The zero-order valence-electron chi connectivity index (χ0n) is 14.6. The van der Waals surface area contributed by atoms with Gasteiger partial charge in [0.25, 0.3) is 0 Å². The third kappa shape index (κ3) is 3.69. The van der Waals surface area contributed by atoms with E-state index in [1.54, 1.807) is 49.4 Å². The van der Waals surface area contributed by atoms with E-state index in [2.05, 4.69) is 0 Å². The third-order valence-corrected chi connectivity index (χ3v) is 6.46. The minimum Gasteiger partial charge on any atom is -0.495 e. The van der Waals surface area contributed by atoms with Gasteiger partial charge in [-0.15, -0.1) is 0 Å². The highest BCUT2D eigenvalue weighted by atomic mass is 32.2. The van der Waals surface area contributed by atoms with Crippen LogP contribution in [0.1, 0.15) is 19.4 Å². The van der Waals surface area contributed by atoms with Crippen molar-refractivity contribution in [3.05, 3.63) is 60.2 Å². The van der Waals surface area contributed by atoms with Gasteiger partial charge in [-0.25, -0.2) is 8.42 Å². The smallest absolute Gasteiger partial charge is 0.327 e. The first-order chi connectivity index (χ1) is 11.9. The maximum atomic E-state index is 13.4. The summed E-state index contributed by atoms with van der Waals surface area (Å²) in [6.45, 7) is 3.15. The first-order valence-corrected chi connectivity index (χ1v) is 9.44. The highest BCUT2D eigenvalue weighted by Crippen LogP contribution is 2.35. The molecule has 0 saturated heterocycles. The number of esters is 1. The number of sulfone groups is 1. The summed E-state index contributed by atoms with van der Waals surface area (Å²) in [6.07, 6.45) is 0.00700. The fourth-order valence-electron chi connectivity index (χ4n) is 2.63. The van der Waals surface area contributed by atoms with Gasteiger partial charge in [-0.05, 0) is 31.5 Å². The van der Waals surface area contributed by atoms with Crippen LogP contribution in [0.5, 0.6) is 5.75 Å². The molecule has 6 heteroatoms. The predicted octanol–water partition coefficient (Wildman–Crippen LogP) is 3.03. The molecule has 2 aromatic rings. The van der Waals surface area contributed by atoms with E-state index in [9.17, 15) is 13.2 Å². The van der Waals surface area contributed by atoms with Crippen LogP contribution >= 0.6 is 0 Å². The van der Waals surface area contributed by atoms with Crippen LogP contribution in [0.4, 0.5) is 0 Å². The van der Waals surface area contributed by atoms with Gasteiger partial charge in [0.2, 0.25) is 0 Å². The predicted molar refractivity (Wildman–Crippen MR) is 95.4 cm³/mol. The van der Waals surface area contributed by atoms with Crippen molar-refractivity contribution in [3.63, 3.8) is 0 Å². The Morgan fingerprint density at radius 3 is 2.24 bits per heavy atom. The van der Waals surface area contributed by atoms with Crippen molar-refractivity contribution in [2.75, 3.05) is 13.7 Å². The van der Waals surface area contributed by atoms with Crippen molar-refractivity contribution in [1.82, 2.24) is 0 Å². The minimum atomic E-state index is -4.06. The van der Waals surface area contributed by atoms with Crippen LogP contribution in [0.2, 0.25) is 0 Å². The van der Waals surface area contributed by atoms with Crippen molar-refractivity contribution < 1.29 is 22.7 Å². The average molecular weight is 362 g/mol. The Hall–Kier alpha value is -2.34. The lowest BCUT2D eigenvalue weighted by atomic mass is 10.0. The summed E-state index contributed by atoms with van der Waals surface area (Å²) in [5.41, 5.74) is 0.733. The van der Waals surface area contributed by atoms with Crippen molar-refractivity contribution >= 4 is 15.8 Å². The maximum Gasteiger partial charge on any atom is 0.327 e. The minimum absolute atomic E-state index is 0.00700. The topological polar surface area (TPSA) is 69.7 Å². The highest BCUT2D eigenvalue weighted by Gasteiger charge is 2.49. The largest absolute Gasteiger partial charge is 0.495 e. The fraction of sp³-hybridized carbons (Fsp3) is 0.316. The Kier molecular flexibility index (Phi) is 5.85. The van der Waals surface area contributed by atoms with Crippen LogP contribution in [0.3, 0.4) is 0 Å². The van der Waals surface area contributed by atoms with Gasteiger partial charge in [-0.1, -0.05) is 42.5 Å². The normalized spacial score (nSPS) is 13.7. The number of hydrogen-bond acceptors (Lipinski definition) is 5. The number of carbonyl (C=O) groups is 1. The van der Waals surface area contributed by atoms with E-state index in [0.717, 1.165) is 5.56 Å². The van der Waals surface area contributed by atoms with Crippen molar-refractivity contribution in [3.8, 4) is 5.75 Å². The van der Waals surface area contributed by atoms with Gasteiger partial charge in [-0.2, -0.15) is 0 Å². The molecule has 0 bridgehead atoms. The maximum absolute atomic E-state index is 13.4. The molecule has 1 unspecified atom stereocenters. The van der Waals surface area contributed by atoms with E-state index >= 15 is 0 Å². The molecule has 0 heterocycles. The monoisotopic (exact) mass is 362 g/mol. The van der Waals surface area contributed by atoms with E-state index in [4.69, 9.17) is 9.47 Å². The number of rotatable bonds is 7. The Bertz CT molecular complexity index is 830. The Labute approximate surface area is 148 Å². The molecule has 0 aliphatic carbocycles. The molecule has 5 nitrogen and oxygen atoms in total. The highest BCUT2D eigenvalue weighted by molar-refractivity contribution is 7.93. The number of benzene rings is 2. The van der Waals surface area contributed by atoms with Crippen molar-refractivity contribution in [2.24, 2.45) is 0 Å². The summed E-state index contributed by atoms with van der Waals surface area (Å²) in [7, 11) is -2.67. The van der Waals surface area contributed by atoms with Gasteiger partial charge < -0.3 is 9.47 Å². The molecule has 0 N–H and O–H groups in total. The van der Waals surface area contributed by atoms with E-state index in [0.29, 0.717) is 0 Å². The quantitative estimate of drug-likeness (QED) is 0.708. The van der Waals surface area contributed by atoms with Gasteiger partial charge in [-0.3, -0.25) is 4.79 Å². The summed E-state index contributed by atoms with van der Waals surface area (Å²) in [6, 6.07) is 15.3. The van der Waals surface area contributed by atoms with Crippen molar-refractivity contribution in [2.45, 2.75) is 29.9 Å². The molecule has 0 spiro atoms. The molecule has 0 amide bonds. The molecular formula is C19H22O5S. The molecule has 1 atom stereocenters. The Morgan fingerprint density at radius 2 is 1.64 bits per heavy atom. The zero-order valence-corrected chi connectivity index (χ0v) is 15.4. The van der Waals surface area contributed by atoms with Crippen LogP contribution in [0.25, 0.3) is 0 Å². The second kappa shape index (κ2) is 7.70. The lowest BCUT2D eigenvalue weighted by Gasteiger charge is -2.28. The number of para-hydroxylation sites is 1. The number of methoxy groups -OCH3 is 1. The molecule has 0 saturated carbocycles. The zero-order chi connectivity index (χ0) is 18.5. The Balaban J connectivity index is 2.59. The molecule has 0 aliphatic rings. The van der Waals surface area contributed by atoms with E-state index in [1.807, 2.05) is 6.07 Å². The van der Waals surface area contributed by atoms with Crippen LogP contribution in [-0.2, 0) is 25.8 Å². The number of hydrogen-bond donors (Lipinski definition) is 0. The molecule has 0 aromatic heterocycles. The van der Waals surface area contributed by atoms with Crippen LogP contribution in [0, 0.1) is 0 Å². The van der Waals surface area contributed by atoms with E-state index in [-0.39, 0.29) is 23.7 Å². The van der Waals surface area contributed by atoms with Crippen molar-refractivity contribution in [1.29, 1.82) is 0 Å². The first kappa shape index (κ1) is 19.0. The Morgan fingerprint density at radius 1 is 1.04 bits per heavy atom. The molecule has 25 heavy (non-hydrogen) atoms. The summed E-state index contributed by atoms with van der Waals surface area (Å²) >= 11 is 0. The second-order valence-electron chi connectivity index (χ2n) is 5.77. The first-order valence-electron chi connectivity index (χ1n) is 7.95. The van der Waals surface area contributed by atoms with E-state index in [1.165, 1.54) is 20.1 Å². The molecule has 0 radical (unpaired) electrons. The molecular weight excluding hydrogens is 340 g/mol. The molecule has 2 aromatic carbocycles. The number of ether oxygens (including phenoxy) is 2. The molecule has 134 valence electrons. The summed E-state index contributed by atoms with van der Waals surface area (Å²) in [5, 5.41) is 0. The summed E-state index contributed by atoms with van der Waals surface area (Å²) in [4.78, 5) is 12.6.